The average molecular weight is 320 g/mol. The van der Waals surface area contributed by atoms with Crippen LogP contribution in [0.2, 0.25) is 5.02 Å². The maximum Gasteiger partial charge on any atom is 0.292 e. The number of nitro benzene ring substituents is 1. The molecule has 6 nitrogen and oxygen atoms in total. The third kappa shape index (κ3) is 4.46. The molecule has 0 unspecified atom stereocenters. The number of carbonyl (C=O) groups is 1. The van der Waals surface area contributed by atoms with Crippen LogP contribution in [0.25, 0.3) is 0 Å². The van der Waals surface area contributed by atoms with Crippen LogP contribution in [0.3, 0.4) is 0 Å². The third-order valence-corrected chi connectivity index (χ3v) is 3.15. The van der Waals surface area contributed by atoms with Crippen LogP contribution < -0.4 is 10.6 Å². The molecule has 0 saturated heterocycles. The van der Waals surface area contributed by atoms with Crippen molar-refractivity contribution in [3.63, 3.8) is 0 Å². The molecule has 0 fully saturated rings. The van der Waals surface area contributed by atoms with Gasteiger partial charge in [0.15, 0.2) is 0 Å². The quantitative estimate of drug-likeness (QED) is 0.628. The Balaban J connectivity index is 1.85. The molecule has 0 bridgehead atoms. The molecule has 1 amide bonds. The van der Waals surface area contributed by atoms with E-state index in [0.717, 1.165) is 0 Å². The molecular formula is C15H14ClN3O3. The standard InChI is InChI=1S/C15H14ClN3O3/c16-11-5-7-12(8-6-11)18-15(20)9-10-17-13-3-1-2-4-14(13)19(21)22/h1-8,17H,9-10H2,(H,18,20). The summed E-state index contributed by atoms with van der Waals surface area (Å²) < 4.78 is 0. The van der Waals surface area contributed by atoms with Gasteiger partial charge in [-0.25, -0.2) is 0 Å². The highest BCUT2D eigenvalue weighted by molar-refractivity contribution is 6.30. The van der Waals surface area contributed by atoms with Crippen molar-refractivity contribution in [3.05, 3.63) is 63.7 Å². The van der Waals surface area contributed by atoms with Gasteiger partial charge in [0, 0.05) is 29.7 Å². The molecule has 2 rings (SSSR count). The highest BCUT2D eigenvalue weighted by Crippen LogP contribution is 2.22. The summed E-state index contributed by atoms with van der Waals surface area (Å²) in [6.45, 7) is 0.296. The number of carbonyl (C=O) groups excluding carboxylic acids is 1. The number of hydrogen-bond donors (Lipinski definition) is 2. The van der Waals surface area contributed by atoms with E-state index in [-0.39, 0.29) is 18.0 Å². The SMILES string of the molecule is O=C(CCNc1ccccc1[N+](=O)[O-])Nc1ccc(Cl)cc1. The molecule has 0 aliphatic heterocycles. The van der Waals surface area contributed by atoms with Crippen molar-refractivity contribution in [2.75, 3.05) is 17.2 Å². The fourth-order valence-corrected chi connectivity index (χ4v) is 1.98. The van der Waals surface area contributed by atoms with Gasteiger partial charge in [0.2, 0.25) is 5.91 Å². The minimum Gasteiger partial charge on any atom is -0.379 e. The van der Waals surface area contributed by atoms with Gasteiger partial charge in [0.25, 0.3) is 5.69 Å². The van der Waals surface area contributed by atoms with Gasteiger partial charge in [0.1, 0.15) is 5.69 Å². The Morgan fingerprint density at radius 1 is 1.14 bits per heavy atom. The van der Waals surface area contributed by atoms with E-state index in [1.165, 1.54) is 6.07 Å². The molecule has 0 radical (unpaired) electrons. The predicted octanol–water partition coefficient (Wildman–Crippen LogP) is 3.69. The second-order valence-electron chi connectivity index (χ2n) is 4.51. The van der Waals surface area contributed by atoms with Crippen molar-refractivity contribution in [2.24, 2.45) is 0 Å². The van der Waals surface area contributed by atoms with Crippen molar-refractivity contribution >= 4 is 34.6 Å². The van der Waals surface area contributed by atoms with Crippen LogP contribution in [0.15, 0.2) is 48.5 Å². The second kappa shape index (κ2) is 7.42. The van der Waals surface area contributed by atoms with Crippen LogP contribution in [0, 0.1) is 10.1 Å². The molecule has 2 aromatic carbocycles. The number of anilines is 2. The number of nitrogens with one attached hydrogen (secondary N) is 2. The van der Waals surface area contributed by atoms with Crippen LogP contribution in [0.5, 0.6) is 0 Å². The first-order valence-corrected chi connectivity index (χ1v) is 6.97. The molecule has 0 saturated carbocycles. The van der Waals surface area contributed by atoms with Crippen LogP contribution in [0.4, 0.5) is 17.1 Å². The van der Waals surface area contributed by atoms with Crippen LogP contribution in [-0.2, 0) is 4.79 Å². The number of hydrogen-bond acceptors (Lipinski definition) is 4. The molecule has 114 valence electrons. The van der Waals surface area contributed by atoms with Gasteiger partial charge in [-0.3, -0.25) is 14.9 Å². The summed E-state index contributed by atoms with van der Waals surface area (Å²) in [5.41, 5.74) is 1.03. The van der Waals surface area contributed by atoms with E-state index in [9.17, 15) is 14.9 Å². The van der Waals surface area contributed by atoms with Crippen LogP contribution in [-0.4, -0.2) is 17.4 Å². The minimum absolute atomic E-state index is 0.0133. The van der Waals surface area contributed by atoms with E-state index < -0.39 is 4.92 Å². The fraction of sp³-hybridized carbons (Fsp3) is 0.133. The maximum absolute atomic E-state index is 11.8. The zero-order chi connectivity index (χ0) is 15.9. The summed E-state index contributed by atoms with van der Waals surface area (Å²) >= 11 is 5.76. The fourth-order valence-electron chi connectivity index (χ4n) is 1.85. The zero-order valence-corrected chi connectivity index (χ0v) is 12.3. The van der Waals surface area contributed by atoms with E-state index in [2.05, 4.69) is 10.6 Å². The number of nitro groups is 1. The molecule has 7 heteroatoms. The Morgan fingerprint density at radius 3 is 2.50 bits per heavy atom. The van der Waals surface area contributed by atoms with Crippen molar-refractivity contribution in [1.29, 1.82) is 0 Å². The summed E-state index contributed by atoms with van der Waals surface area (Å²) in [7, 11) is 0. The van der Waals surface area contributed by atoms with Gasteiger partial charge in [0.05, 0.1) is 4.92 Å². The first-order chi connectivity index (χ1) is 10.6. The smallest absolute Gasteiger partial charge is 0.292 e. The normalized spacial score (nSPS) is 10.0. The highest BCUT2D eigenvalue weighted by Gasteiger charge is 2.12. The first kappa shape index (κ1) is 15.8. The van der Waals surface area contributed by atoms with Crippen LogP contribution >= 0.6 is 11.6 Å². The molecule has 0 aliphatic carbocycles. The Hall–Kier alpha value is -2.60. The van der Waals surface area contributed by atoms with Crippen molar-refractivity contribution < 1.29 is 9.72 Å². The summed E-state index contributed by atoms with van der Waals surface area (Å²) in [5, 5.41) is 17.1. The molecule has 0 spiro atoms. The highest BCUT2D eigenvalue weighted by atomic mass is 35.5. The first-order valence-electron chi connectivity index (χ1n) is 6.59. The number of halogens is 1. The van der Waals surface area contributed by atoms with Gasteiger partial charge in [-0.1, -0.05) is 23.7 Å². The van der Waals surface area contributed by atoms with Crippen molar-refractivity contribution in [3.8, 4) is 0 Å². The molecule has 0 aliphatic rings. The van der Waals surface area contributed by atoms with E-state index in [1.54, 1.807) is 42.5 Å². The molecule has 0 atom stereocenters. The van der Waals surface area contributed by atoms with Crippen molar-refractivity contribution in [2.45, 2.75) is 6.42 Å². The van der Waals surface area contributed by atoms with E-state index in [0.29, 0.717) is 22.9 Å². The van der Waals surface area contributed by atoms with Gasteiger partial charge in [-0.15, -0.1) is 0 Å². The summed E-state index contributed by atoms with van der Waals surface area (Å²) in [6, 6.07) is 13.1. The summed E-state index contributed by atoms with van der Waals surface area (Å²) in [5.74, 6) is -0.187. The van der Waals surface area contributed by atoms with E-state index in [1.807, 2.05) is 0 Å². The number of para-hydroxylation sites is 2. The number of benzene rings is 2. The molecular weight excluding hydrogens is 306 g/mol. The molecule has 0 aromatic heterocycles. The number of rotatable bonds is 6. The van der Waals surface area contributed by atoms with Gasteiger partial charge in [-0.05, 0) is 30.3 Å². The summed E-state index contributed by atoms with van der Waals surface area (Å²) in [4.78, 5) is 22.2. The Kier molecular flexibility index (Phi) is 5.32. The van der Waals surface area contributed by atoms with Gasteiger partial charge >= 0.3 is 0 Å². The minimum atomic E-state index is -0.462. The Labute approximate surface area is 132 Å². The van der Waals surface area contributed by atoms with E-state index in [4.69, 9.17) is 11.6 Å². The van der Waals surface area contributed by atoms with Gasteiger partial charge in [-0.2, -0.15) is 0 Å². The predicted molar refractivity (Wildman–Crippen MR) is 86.3 cm³/mol. The van der Waals surface area contributed by atoms with Crippen molar-refractivity contribution in [1.82, 2.24) is 0 Å². The Morgan fingerprint density at radius 2 is 1.82 bits per heavy atom. The lowest BCUT2D eigenvalue weighted by molar-refractivity contribution is -0.384. The largest absolute Gasteiger partial charge is 0.379 e. The second-order valence-corrected chi connectivity index (χ2v) is 4.94. The molecule has 2 N–H and O–H groups in total. The Bertz CT molecular complexity index is 674. The molecule has 0 heterocycles. The monoisotopic (exact) mass is 319 g/mol. The lowest BCUT2D eigenvalue weighted by Crippen LogP contribution is -2.16. The van der Waals surface area contributed by atoms with Crippen LogP contribution in [0.1, 0.15) is 6.42 Å². The lowest BCUT2D eigenvalue weighted by atomic mass is 10.2. The third-order valence-electron chi connectivity index (χ3n) is 2.90. The summed E-state index contributed by atoms with van der Waals surface area (Å²) in [6.07, 6.45) is 0.189. The number of nitrogens with zero attached hydrogens (tertiary/aromatic N) is 1. The molecule has 22 heavy (non-hydrogen) atoms. The maximum atomic E-state index is 11.8. The topological polar surface area (TPSA) is 84.3 Å². The zero-order valence-electron chi connectivity index (χ0n) is 11.6. The average Bonchev–Trinajstić information content (AvgIpc) is 2.50. The molecule has 2 aromatic rings. The lowest BCUT2D eigenvalue weighted by Gasteiger charge is -2.08. The van der Waals surface area contributed by atoms with Gasteiger partial charge < -0.3 is 10.6 Å². The number of amides is 1. The van der Waals surface area contributed by atoms with E-state index >= 15 is 0 Å².